The van der Waals surface area contributed by atoms with Gasteiger partial charge in [0.25, 0.3) is 0 Å². The molecule has 0 unspecified atom stereocenters. The first-order valence-electron chi connectivity index (χ1n) is 7.67. The van der Waals surface area contributed by atoms with Crippen LogP contribution in [0.2, 0.25) is 0 Å². The fourth-order valence-corrected chi connectivity index (χ4v) is 3.07. The van der Waals surface area contributed by atoms with Crippen LogP contribution in [-0.4, -0.2) is 31.4 Å². The van der Waals surface area contributed by atoms with Crippen molar-refractivity contribution in [1.29, 1.82) is 5.26 Å². The number of amides is 1. The molecule has 0 radical (unpaired) electrons. The van der Waals surface area contributed by atoms with Gasteiger partial charge >= 0.3 is 0 Å². The summed E-state index contributed by atoms with van der Waals surface area (Å²) in [4.78, 5) is 12.1. The molecule has 0 aliphatic heterocycles. The third kappa shape index (κ3) is 6.03. The molecule has 0 saturated heterocycles. The fraction of sp³-hybridized carbons (Fsp3) is 0.222. The first-order valence-corrected chi connectivity index (χ1v) is 9.52. The molecule has 0 fully saturated rings. The highest BCUT2D eigenvalue weighted by atomic mass is 32.2. The van der Waals surface area contributed by atoms with E-state index >= 15 is 0 Å². The summed E-state index contributed by atoms with van der Waals surface area (Å²) >= 11 is 0. The third-order valence-corrected chi connectivity index (χ3v) is 4.78. The minimum Gasteiger partial charge on any atom is -0.326 e. The number of hydrogen-bond acceptors (Lipinski definition) is 4. The van der Waals surface area contributed by atoms with E-state index in [1.807, 2.05) is 36.4 Å². The van der Waals surface area contributed by atoms with E-state index in [9.17, 15) is 13.2 Å². The second-order valence-corrected chi connectivity index (χ2v) is 7.56. The number of hydrogen-bond donors (Lipinski definition) is 1. The van der Waals surface area contributed by atoms with E-state index in [1.165, 1.54) is 4.31 Å². The Labute approximate surface area is 147 Å². The van der Waals surface area contributed by atoms with Crippen molar-refractivity contribution >= 4 is 21.6 Å². The normalized spacial score (nSPS) is 11.1. The third-order valence-electron chi connectivity index (χ3n) is 3.53. The topological polar surface area (TPSA) is 90.3 Å². The van der Waals surface area contributed by atoms with Gasteiger partial charge in [0.2, 0.25) is 15.9 Å². The lowest BCUT2D eigenvalue weighted by atomic mass is 10.2. The summed E-state index contributed by atoms with van der Waals surface area (Å²) < 4.78 is 25.2. The SMILES string of the molecule is CS(=O)(=O)N(CCC(=O)Nc1cccc(C#N)c1)Cc1ccccc1. The van der Waals surface area contributed by atoms with Crippen molar-refractivity contribution in [2.45, 2.75) is 13.0 Å². The highest BCUT2D eigenvalue weighted by molar-refractivity contribution is 7.88. The Morgan fingerprint density at radius 1 is 1.16 bits per heavy atom. The van der Waals surface area contributed by atoms with Gasteiger partial charge in [-0.25, -0.2) is 8.42 Å². The maximum absolute atomic E-state index is 12.1. The van der Waals surface area contributed by atoms with E-state index < -0.39 is 10.0 Å². The average Bonchev–Trinajstić information content (AvgIpc) is 2.58. The second-order valence-electron chi connectivity index (χ2n) is 5.57. The Balaban J connectivity index is 1.98. The highest BCUT2D eigenvalue weighted by Crippen LogP contribution is 2.12. The highest BCUT2D eigenvalue weighted by Gasteiger charge is 2.18. The van der Waals surface area contributed by atoms with Crippen molar-refractivity contribution in [1.82, 2.24) is 4.31 Å². The molecule has 7 heteroatoms. The van der Waals surface area contributed by atoms with Gasteiger partial charge in [0.05, 0.1) is 17.9 Å². The molecule has 0 heterocycles. The molecular weight excluding hydrogens is 338 g/mol. The fourth-order valence-electron chi connectivity index (χ4n) is 2.27. The number of anilines is 1. The predicted octanol–water partition coefficient (Wildman–Crippen LogP) is 2.35. The Morgan fingerprint density at radius 3 is 2.52 bits per heavy atom. The van der Waals surface area contributed by atoms with Crippen LogP contribution in [0.1, 0.15) is 17.5 Å². The molecule has 0 aromatic heterocycles. The molecule has 2 rings (SSSR count). The van der Waals surface area contributed by atoms with Crippen LogP contribution in [0.5, 0.6) is 0 Å². The van der Waals surface area contributed by atoms with E-state index in [0.29, 0.717) is 11.3 Å². The lowest BCUT2D eigenvalue weighted by molar-refractivity contribution is -0.116. The van der Waals surface area contributed by atoms with Crippen molar-refractivity contribution in [2.75, 3.05) is 18.1 Å². The molecule has 0 saturated carbocycles. The van der Waals surface area contributed by atoms with Gasteiger partial charge in [0, 0.05) is 25.2 Å². The second kappa shape index (κ2) is 8.42. The number of benzene rings is 2. The molecule has 1 N–H and O–H groups in total. The lowest BCUT2D eigenvalue weighted by Crippen LogP contribution is -2.32. The predicted molar refractivity (Wildman–Crippen MR) is 96.1 cm³/mol. The van der Waals surface area contributed by atoms with Gasteiger partial charge in [-0.3, -0.25) is 4.79 Å². The van der Waals surface area contributed by atoms with Crippen molar-refractivity contribution in [3.63, 3.8) is 0 Å². The van der Waals surface area contributed by atoms with Crippen molar-refractivity contribution < 1.29 is 13.2 Å². The first kappa shape index (κ1) is 18.6. The van der Waals surface area contributed by atoms with Crippen LogP contribution in [0, 0.1) is 11.3 Å². The zero-order chi connectivity index (χ0) is 18.3. The molecule has 0 aliphatic carbocycles. The Kier molecular flexibility index (Phi) is 6.28. The monoisotopic (exact) mass is 357 g/mol. The maximum Gasteiger partial charge on any atom is 0.225 e. The van der Waals surface area contributed by atoms with Crippen LogP contribution in [0.3, 0.4) is 0 Å². The Morgan fingerprint density at radius 2 is 1.88 bits per heavy atom. The summed E-state index contributed by atoms with van der Waals surface area (Å²) in [5, 5.41) is 11.5. The van der Waals surface area contributed by atoms with Gasteiger partial charge in [0.1, 0.15) is 0 Å². The van der Waals surface area contributed by atoms with E-state index in [0.717, 1.165) is 11.8 Å². The molecule has 0 spiro atoms. The Hall–Kier alpha value is -2.69. The number of rotatable bonds is 7. The van der Waals surface area contributed by atoms with E-state index in [1.54, 1.807) is 24.3 Å². The number of sulfonamides is 1. The molecule has 2 aromatic carbocycles. The van der Waals surface area contributed by atoms with E-state index in [2.05, 4.69) is 5.32 Å². The van der Waals surface area contributed by atoms with Crippen LogP contribution < -0.4 is 5.32 Å². The number of nitrogens with zero attached hydrogens (tertiary/aromatic N) is 2. The maximum atomic E-state index is 12.1. The van der Waals surface area contributed by atoms with Crippen molar-refractivity contribution in [3.05, 3.63) is 65.7 Å². The molecule has 0 atom stereocenters. The van der Waals surface area contributed by atoms with Gasteiger partial charge in [0.15, 0.2) is 0 Å². The zero-order valence-electron chi connectivity index (χ0n) is 13.8. The van der Waals surface area contributed by atoms with Crippen LogP contribution in [-0.2, 0) is 21.4 Å². The van der Waals surface area contributed by atoms with Gasteiger partial charge in [-0.2, -0.15) is 9.57 Å². The number of nitrogens with one attached hydrogen (secondary N) is 1. The molecule has 1 amide bonds. The van der Waals surface area contributed by atoms with Gasteiger partial charge in [-0.1, -0.05) is 36.4 Å². The lowest BCUT2D eigenvalue weighted by Gasteiger charge is -2.19. The summed E-state index contributed by atoms with van der Waals surface area (Å²) in [5.41, 5.74) is 1.81. The summed E-state index contributed by atoms with van der Waals surface area (Å²) in [5.74, 6) is -0.309. The largest absolute Gasteiger partial charge is 0.326 e. The van der Waals surface area contributed by atoms with Crippen molar-refractivity contribution in [2.24, 2.45) is 0 Å². The molecule has 0 aliphatic rings. The summed E-state index contributed by atoms with van der Waals surface area (Å²) in [6.07, 6.45) is 1.15. The van der Waals surface area contributed by atoms with Crippen LogP contribution in [0.4, 0.5) is 5.69 Å². The standard InChI is InChI=1S/C18H19N3O3S/c1-25(23,24)21(14-15-6-3-2-4-7-15)11-10-18(22)20-17-9-5-8-16(12-17)13-19/h2-9,12H,10-11,14H2,1H3,(H,20,22). The minimum atomic E-state index is -3.43. The van der Waals surface area contributed by atoms with Crippen LogP contribution in [0.15, 0.2) is 54.6 Å². The quantitative estimate of drug-likeness (QED) is 0.823. The summed E-state index contributed by atoms with van der Waals surface area (Å²) in [6, 6.07) is 17.8. The number of nitriles is 1. The number of carbonyl (C=O) groups is 1. The first-order chi connectivity index (χ1) is 11.9. The molecule has 2 aromatic rings. The van der Waals surface area contributed by atoms with E-state index in [-0.39, 0.29) is 25.4 Å². The van der Waals surface area contributed by atoms with Crippen molar-refractivity contribution in [3.8, 4) is 6.07 Å². The molecule has 25 heavy (non-hydrogen) atoms. The number of carbonyl (C=O) groups excluding carboxylic acids is 1. The molecule has 6 nitrogen and oxygen atoms in total. The molecular formula is C18H19N3O3S. The average molecular weight is 357 g/mol. The molecule has 0 bridgehead atoms. The smallest absolute Gasteiger partial charge is 0.225 e. The minimum absolute atomic E-state index is 0.0245. The van der Waals surface area contributed by atoms with Crippen LogP contribution in [0.25, 0.3) is 0 Å². The summed E-state index contributed by atoms with van der Waals surface area (Å²) in [7, 11) is -3.43. The van der Waals surface area contributed by atoms with Crippen LogP contribution >= 0.6 is 0 Å². The van der Waals surface area contributed by atoms with Gasteiger partial charge in [-0.05, 0) is 23.8 Å². The zero-order valence-corrected chi connectivity index (χ0v) is 14.7. The summed E-state index contributed by atoms with van der Waals surface area (Å²) in [6.45, 7) is 0.300. The van der Waals surface area contributed by atoms with Gasteiger partial charge in [-0.15, -0.1) is 0 Å². The Bertz CT molecular complexity index is 874. The van der Waals surface area contributed by atoms with Gasteiger partial charge < -0.3 is 5.32 Å². The molecule has 130 valence electrons. The van der Waals surface area contributed by atoms with E-state index in [4.69, 9.17) is 5.26 Å².